The number of hydrogen-bond donors (Lipinski definition) is 1. The number of amides is 4. The van der Waals surface area contributed by atoms with Gasteiger partial charge in [-0.05, 0) is 40.5 Å². The molecule has 1 heterocycles. The highest BCUT2D eigenvalue weighted by Crippen LogP contribution is 2.25. The van der Waals surface area contributed by atoms with Gasteiger partial charge in [0, 0.05) is 12.1 Å². The Hall–Kier alpha value is -1.59. The van der Waals surface area contributed by atoms with Crippen molar-refractivity contribution in [2.24, 2.45) is 0 Å². The zero-order chi connectivity index (χ0) is 16.4. The van der Waals surface area contributed by atoms with Crippen molar-refractivity contribution in [2.75, 3.05) is 6.54 Å². The van der Waals surface area contributed by atoms with Crippen molar-refractivity contribution in [3.05, 3.63) is 0 Å². The molecule has 0 saturated carbocycles. The zero-order valence-electron chi connectivity index (χ0n) is 13.9. The van der Waals surface area contributed by atoms with Gasteiger partial charge in [0.05, 0.1) is 0 Å². The Morgan fingerprint density at radius 2 is 1.62 bits per heavy atom. The molecule has 0 aromatic rings. The van der Waals surface area contributed by atoms with Crippen molar-refractivity contribution in [3.63, 3.8) is 0 Å². The van der Waals surface area contributed by atoms with Crippen LogP contribution in [0.1, 0.15) is 54.4 Å². The first kappa shape index (κ1) is 17.5. The van der Waals surface area contributed by atoms with Crippen LogP contribution in [0.3, 0.4) is 0 Å². The standard InChI is InChI=1S/C15H27N3O3/c1-7-15(8-2)13(20)17(14(21)16-15)9-12(19)18(10(3)4)11(5)6/h10-11H,7-9H2,1-6H3,(H,16,21). The van der Waals surface area contributed by atoms with E-state index in [1.807, 2.05) is 41.5 Å². The number of nitrogens with one attached hydrogen (secondary N) is 1. The lowest BCUT2D eigenvalue weighted by molar-refractivity contribution is -0.141. The predicted molar refractivity (Wildman–Crippen MR) is 80.7 cm³/mol. The molecule has 0 bridgehead atoms. The summed E-state index contributed by atoms with van der Waals surface area (Å²) in [5.74, 6) is -0.496. The summed E-state index contributed by atoms with van der Waals surface area (Å²) < 4.78 is 0. The second-order valence-electron chi connectivity index (χ2n) is 6.10. The van der Waals surface area contributed by atoms with Gasteiger partial charge in [0.2, 0.25) is 5.91 Å². The average molecular weight is 297 g/mol. The normalized spacial score (nSPS) is 17.6. The Morgan fingerprint density at radius 1 is 1.14 bits per heavy atom. The Labute approximate surface area is 126 Å². The Balaban J connectivity index is 2.90. The van der Waals surface area contributed by atoms with Crippen molar-refractivity contribution >= 4 is 17.8 Å². The summed E-state index contributed by atoms with van der Waals surface area (Å²) in [6.07, 6.45) is 1.05. The van der Waals surface area contributed by atoms with Crippen LogP contribution in [0.5, 0.6) is 0 Å². The number of urea groups is 1. The van der Waals surface area contributed by atoms with Crippen molar-refractivity contribution in [1.82, 2.24) is 15.1 Å². The second-order valence-corrected chi connectivity index (χ2v) is 6.10. The second kappa shape index (κ2) is 6.45. The lowest BCUT2D eigenvalue weighted by Gasteiger charge is -2.32. The third kappa shape index (κ3) is 3.19. The Kier molecular flexibility index (Phi) is 5.36. The first-order valence-electron chi connectivity index (χ1n) is 7.65. The molecule has 1 N–H and O–H groups in total. The number of carbonyl (C=O) groups excluding carboxylic acids is 3. The predicted octanol–water partition coefficient (Wildman–Crippen LogP) is 1.74. The van der Waals surface area contributed by atoms with E-state index in [2.05, 4.69) is 5.32 Å². The van der Waals surface area contributed by atoms with Gasteiger partial charge in [-0.3, -0.25) is 14.5 Å². The number of hydrogen-bond acceptors (Lipinski definition) is 3. The number of imide groups is 1. The fourth-order valence-corrected chi connectivity index (χ4v) is 2.94. The third-order valence-corrected chi connectivity index (χ3v) is 4.15. The summed E-state index contributed by atoms with van der Waals surface area (Å²) in [4.78, 5) is 39.7. The molecule has 0 radical (unpaired) electrons. The van der Waals surface area contributed by atoms with Gasteiger partial charge in [-0.2, -0.15) is 0 Å². The smallest absolute Gasteiger partial charge is 0.325 e. The quantitative estimate of drug-likeness (QED) is 0.759. The molecule has 6 nitrogen and oxygen atoms in total. The minimum Gasteiger partial charge on any atom is -0.336 e. The number of carbonyl (C=O) groups is 3. The van der Waals surface area contributed by atoms with Crippen LogP contribution in [0.15, 0.2) is 0 Å². The highest BCUT2D eigenvalue weighted by molar-refractivity contribution is 6.09. The van der Waals surface area contributed by atoms with E-state index in [0.717, 1.165) is 4.90 Å². The van der Waals surface area contributed by atoms with Gasteiger partial charge in [-0.1, -0.05) is 13.8 Å². The van der Waals surface area contributed by atoms with Crippen molar-refractivity contribution < 1.29 is 14.4 Å². The van der Waals surface area contributed by atoms with Crippen molar-refractivity contribution in [3.8, 4) is 0 Å². The van der Waals surface area contributed by atoms with Gasteiger partial charge >= 0.3 is 6.03 Å². The Morgan fingerprint density at radius 3 is 1.95 bits per heavy atom. The first-order valence-corrected chi connectivity index (χ1v) is 7.65. The van der Waals surface area contributed by atoms with Crippen LogP contribution < -0.4 is 5.32 Å². The fraction of sp³-hybridized carbons (Fsp3) is 0.800. The lowest BCUT2D eigenvalue weighted by atomic mass is 9.93. The highest BCUT2D eigenvalue weighted by atomic mass is 16.2. The molecule has 1 fully saturated rings. The van der Waals surface area contributed by atoms with E-state index in [9.17, 15) is 14.4 Å². The van der Waals surface area contributed by atoms with Crippen molar-refractivity contribution in [2.45, 2.75) is 72.0 Å². The average Bonchev–Trinajstić information content (AvgIpc) is 2.62. The van der Waals surface area contributed by atoms with Crippen LogP contribution in [0.25, 0.3) is 0 Å². The zero-order valence-corrected chi connectivity index (χ0v) is 13.9. The summed E-state index contributed by atoms with van der Waals surface area (Å²) in [5.41, 5.74) is -0.849. The third-order valence-electron chi connectivity index (χ3n) is 4.15. The Bertz CT molecular complexity index is 420. The van der Waals surface area contributed by atoms with Crippen LogP contribution in [0.2, 0.25) is 0 Å². The van der Waals surface area contributed by atoms with Gasteiger partial charge in [-0.25, -0.2) is 4.79 Å². The van der Waals surface area contributed by atoms with E-state index in [1.54, 1.807) is 4.90 Å². The van der Waals surface area contributed by atoms with Gasteiger partial charge in [-0.15, -0.1) is 0 Å². The van der Waals surface area contributed by atoms with E-state index in [0.29, 0.717) is 12.8 Å². The van der Waals surface area contributed by atoms with Crippen LogP contribution in [0, 0.1) is 0 Å². The highest BCUT2D eigenvalue weighted by Gasteiger charge is 2.49. The number of nitrogens with zero attached hydrogens (tertiary/aromatic N) is 2. The van der Waals surface area contributed by atoms with E-state index in [1.165, 1.54) is 0 Å². The summed E-state index contributed by atoms with van der Waals surface area (Å²) in [5, 5.41) is 2.74. The molecular weight excluding hydrogens is 270 g/mol. The van der Waals surface area contributed by atoms with E-state index >= 15 is 0 Å². The maximum Gasteiger partial charge on any atom is 0.325 e. The van der Waals surface area contributed by atoms with Gasteiger partial charge in [0.15, 0.2) is 0 Å². The summed E-state index contributed by atoms with van der Waals surface area (Å²) in [7, 11) is 0. The minimum absolute atomic E-state index is 0.0281. The monoisotopic (exact) mass is 297 g/mol. The molecule has 6 heteroatoms. The molecule has 1 saturated heterocycles. The molecule has 1 aliphatic rings. The number of rotatable bonds is 6. The molecule has 1 rings (SSSR count). The van der Waals surface area contributed by atoms with Gasteiger partial charge in [0.1, 0.15) is 12.1 Å². The largest absolute Gasteiger partial charge is 0.336 e. The molecule has 0 spiro atoms. The molecule has 0 unspecified atom stereocenters. The van der Waals surface area contributed by atoms with Crippen molar-refractivity contribution in [1.29, 1.82) is 0 Å². The molecule has 1 aliphatic heterocycles. The van der Waals surface area contributed by atoms with Crippen LogP contribution >= 0.6 is 0 Å². The van der Waals surface area contributed by atoms with Crippen LogP contribution in [-0.4, -0.2) is 51.8 Å². The SMILES string of the molecule is CCC1(CC)NC(=O)N(CC(=O)N(C(C)C)C(C)C)C1=O. The summed E-state index contributed by atoms with van der Waals surface area (Å²) >= 11 is 0. The fourth-order valence-electron chi connectivity index (χ4n) is 2.94. The first-order chi connectivity index (χ1) is 9.70. The summed E-state index contributed by atoms with van der Waals surface area (Å²) in [6.45, 7) is 11.2. The molecule has 21 heavy (non-hydrogen) atoms. The molecule has 0 aliphatic carbocycles. The minimum atomic E-state index is -0.849. The molecule has 0 aromatic carbocycles. The topological polar surface area (TPSA) is 69.7 Å². The maximum absolute atomic E-state index is 12.5. The summed E-state index contributed by atoms with van der Waals surface area (Å²) in [6, 6.07) is -0.412. The van der Waals surface area contributed by atoms with Gasteiger partial charge in [0.25, 0.3) is 5.91 Å². The van der Waals surface area contributed by atoms with E-state index in [4.69, 9.17) is 0 Å². The van der Waals surface area contributed by atoms with Gasteiger partial charge < -0.3 is 10.2 Å². The van der Waals surface area contributed by atoms with Crippen LogP contribution in [0.4, 0.5) is 4.79 Å². The van der Waals surface area contributed by atoms with E-state index < -0.39 is 11.6 Å². The van der Waals surface area contributed by atoms with E-state index in [-0.39, 0.29) is 30.4 Å². The molecule has 4 amide bonds. The maximum atomic E-state index is 12.5. The molecule has 0 atom stereocenters. The molecular formula is C15H27N3O3. The lowest BCUT2D eigenvalue weighted by Crippen LogP contribution is -2.49. The van der Waals surface area contributed by atoms with Crippen LogP contribution in [-0.2, 0) is 9.59 Å². The molecule has 0 aromatic heterocycles. The molecule has 120 valence electrons.